The van der Waals surface area contributed by atoms with Crippen molar-refractivity contribution in [3.05, 3.63) is 71.5 Å². The van der Waals surface area contributed by atoms with E-state index in [9.17, 15) is 14.0 Å². The molecule has 2 aliphatic rings. The van der Waals surface area contributed by atoms with Crippen molar-refractivity contribution < 1.29 is 14.0 Å². The largest absolute Gasteiger partial charge is 0.356 e. The van der Waals surface area contributed by atoms with Crippen LogP contribution >= 0.6 is 0 Å². The van der Waals surface area contributed by atoms with Crippen LogP contribution in [0.2, 0.25) is 0 Å². The molecule has 2 amide bonds. The summed E-state index contributed by atoms with van der Waals surface area (Å²) >= 11 is 0. The van der Waals surface area contributed by atoms with Crippen molar-refractivity contribution in [3.63, 3.8) is 0 Å². The van der Waals surface area contributed by atoms with Gasteiger partial charge in [0.2, 0.25) is 5.91 Å². The number of nitrogens with one attached hydrogen (secondary N) is 1. The van der Waals surface area contributed by atoms with Crippen LogP contribution in [0.5, 0.6) is 0 Å². The summed E-state index contributed by atoms with van der Waals surface area (Å²) in [5.41, 5.74) is 1.84. The maximum absolute atomic E-state index is 13.1. The number of hydrogen-bond acceptors (Lipinski definition) is 4. The summed E-state index contributed by atoms with van der Waals surface area (Å²) < 4.78 is 13.1. The molecule has 0 radical (unpaired) electrons. The van der Waals surface area contributed by atoms with Gasteiger partial charge in [-0.1, -0.05) is 30.3 Å². The fourth-order valence-electron chi connectivity index (χ4n) is 4.97. The summed E-state index contributed by atoms with van der Waals surface area (Å²) in [6, 6.07) is 16.7. The summed E-state index contributed by atoms with van der Waals surface area (Å²) in [6.45, 7) is 5.84. The van der Waals surface area contributed by atoms with Gasteiger partial charge in [-0.05, 0) is 56.1 Å². The third kappa shape index (κ3) is 6.21. The quantitative estimate of drug-likeness (QED) is 0.637. The van der Waals surface area contributed by atoms with Crippen LogP contribution in [0.15, 0.2) is 54.6 Å². The van der Waals surface area contributed by atoms with E-state index in [0.29, 0.717) is 44.1 Å². The Morgan fingerprint density at radius 2 is 1.68 bits per heavy atom. The van der Waals surface area contributed by atoms with E-state index in [0.717, 1.165) is 32.6 Å². The van der Waals surface area contributed by atoms with E-state index >= 15 is 0 Å². The third-order valence-corrected chi connectivity index (χ3v) is 7.04. The molecule has 4 rings (SSSR count). The molecule has 0 unspecified atom stereocenters. The smallest absolute Gasteiger partial charge is 0.253 e. The number of benzene rings is 2. The van der Waals surface area contributed by atoms with Gasteiger partial charge in [0.05, 0.1) is 0 Å². The zero-order valence-electron chi connectivity index (χ0n) is 20.0. The van der Waals surface area contributed by atoms with Gasteiger partial charge in [-0.3, -0.25) is 14.5 Å². The average Bonchev–Trinajstić information content (AvgIpc) is 2.88. The van der Waals surface area contributed by atoms with E-state index in [-0.39, 0.29) is 23.5 Å². The highest BCUT2D eigenvalue weighted by molar-refractivity contribution is 5.94. The zero-order valence-corrected chi connectivity index (χ0v) is 20.0. The molecule has 2 aromatic carbocycles. The van der Waals surface area contributed by atoms with Crippen molar-refractivity contribution in [1.29, 1.82) is 0 Å². The molecule has 182 valence electrons. The van der Waals surface area contributed by atoms with Crippen LogP contribution in [0.1, 0.15) is 41.2 Å². The number of carbonyl (C=O) groups is 2. The highest BCUT2D eigenvalue weighted by Gasteiger charge is 2.28. The first kappa shape index (κ1) is 24.4. The molecule has 7 heteroatoms. The van der Waals surface area contributed by atoms with Crippen LogP contribution in [-0.2, 0) is 4.79 Å². The van der Waals surface area contributed by atoms with Crippen LogP contribution in [0.4, 0.5) is 4.39 Å². The second kappa shape index (κ2) is 11.6. The van der Waals surface area contributed by atoms with E-state index in [1.165, 1.54) is 29.8 Å². The minimum absolute atomic E-state index is 0.0574. The Labute approximate surface area is 201 Å². The fraction of sp³-hybridized carbons (Fsp3) is 0.481. The standard InChI is InChI=1S/C27H35FN4O2/c1-30-18-19-31(25(20-30)21-6-3-2-4-7-21)15-5-14-29-26(33)22-12-16-32(17-13-22)27(34)23-8-10-24(28)11-9-23/h2-4,6-11,22,25H,5,12-20H2,1H3,(H,29,33)/t25-/m0/s1. The van der Waals surface area contributed by atoms with Crippen LogP contribution in [0.3, 0.4) is 0 Å². The summed E-state index contributed by atoms with van der Waals surface area (Å²) in [7, 11) is 2.17. The predicted octanol–water partition coefficient (Wildman–Crippen LogP) is 3.17. The van der Waals surface area contributed by atoms with Crippen LogP contribution in [0.25, 0.3) is 0 Å². The maximum Gasteiger partial charge on any atom is 0.253 e. The Bertz CT molecular complexity index is 945. The minimum atomic E-state index is -0.352. The first-order valence-electron chi connectivity index (χ1n) is 12.3. The van der Waals surface area contributed by atoms with Gasteiger partial charge in [0, 0.05) is 63.3 Å². The molecular formula is C27H35FN4O2. The number of piperidine rings is 1. The Balaban J connectivity index is 1.19. The molecule has 0 spiro atoms. The molecule has 0 bridgehead atoms. The first-order chi connectivity index (χ1) is 16.5. The molecule has 0 aromatic heterocycles. The molecule has 2 fully saturated rings. The van der Waals surface area contributed by atoms with E-state index in [1.807, 2.05) is 0 Å². The van der Waals surface area contributed by atoms with Crippen molar-refractivity contribution in [1.82, 2.24) is 20.0 Å². The average molecular weight is 467 g/mol. The molecule has 2 aliphatic heterocycles. The van der Waals surface area contributed by atoms with Gasteiger partial charge < -0.3 is 15.1 Å². The van der Waals surface area contributed by atoms with Crippen LogP contribution < -0.4 is 5.32 Å². The Morgan fingerprint density at radius 3 is 2.38 bits per heavy atom. The molecule has 0 saturated carbocycles. The number of carbonyl (C=O) groups excluding carboxylic acids is 2. The molecule has 2 heterocycles. The molecule has 6 nitrogen and oxygen atoms in total. The van der Waals surface area contributed by atoms with Crippen LogP contribution in [-0.4, -0.2) is 79.4 Å². The number of piperazine rings is 1. The molecule has 0 aliphatic carbocycles. The SMILES string of the molecule is CN1CCN(CCCNC(=O)C2CCN(C(=O)c3ccc(F)cc3)CC2)[C@H](c2ccccc2)C1. The number of amides is 2. The van der Waals surface area contributed by atoms with Crippen molar-refractivity contribution in [3.8, 4) is 0 Å². The highest BCUT2D eigenvalue weighted by Crippen LogP contribution is 2.25. The Kier molecular flexibility index (Phi) is 8.29. The Hall–Kier alpha value is -2.77. The molecule has 2 aromatic rings. The maximum atomic E-state index is 13.1. The summed E-state index contributed by atoms with van der Waals surface area (Å²) in [5.74, 6) is -0.418. The van der Waals surface area contributed by atoms with Crippen molar-refractivity contribution in [2.24, 2.45) is 5.92 Å². The second-order valence-corrected chi connectivity index (χ2v) is 9.44. The lowest BCUT2D eigenvalue weighted by atomic mass is 9.95. The molecular weight excluding hydrogens is 431 g/mol. The van der Waals surface area contributed by atoms with Gasteiger partial charge in [0.15, 0.2) is 0 Å². The van der Waals surface area contributed by atoms with Crippen LogP contribution in [0, 0.1) is 11.7 Å². The van der Waals surface area contributed by atoms with Gasteiger partial charge in [0.1, 0.15) is 5.82 Å². The summed E-state index contributed by atoms with van der Waals surface area (Å²) in [6.07, 6.45) is 2.24. The van der Waals surface area contributed by atoms with E-state index < -0.39 is 0 Å². The van der Waals surface area contributed by atoms with E-state index in [4.69, 9.17) is 0 Å². The van der Waals surface area contributed by atoms with Gasteiger partial charge in [0.25, 0.3) is 5.91 Å². The summed E-state index contributed by atoms with van der Waals surface area (Å²) in [5, 5.41) is 3.12. The lowest BCUT2D eigenvalue weighted by Gasteiger charge is -2.40. The third-order valence-electron chi connectivity index (χ3n) is 7.04. The predicted molar refractivity (Wildman–Crippen MR) is 131 cm³/mol. The lowest BCUT2D eigenvalue weighted by molar-refractivity contribution is -0.126. The number of halogens is 1. The van der Waals surface area contributed by atoms with Crippen molar-refractivity contribution in [2.45, 2.75) is 25.3 Å². The lowest BCUT2D eigenvalue weighted by Crippen LogP contribution is -2.47. The highest BCUT2D eigenvalue weighted by atomic mass is 19.1. The number of nitrogens with zero attached hydrogens (tertiary/aromatic N) is 3. The topological polar surface area (TPSA) is 55.9 Å². The first-order valence-corrected chi connectivity index (χ1v) is 12.3. The van der Waals surface area contributed by atoms with Gasteiger partial charge in [-0.15, -0.1) is 0 Å². The van der Waals surface area contributed by atoms with Gasteiger partial charge in [-0.25, -0.2) is 4.39 Å². The van der Waals surface area contributed by atoms with E-state index in [2.05, 4.69) is 52.5 Å². The van der Waals surface area contributed by atoms with Gasteiger partial charge in [-0.2, -0.15) is 0 Å². The van der Waals surface area contributed by atoms with E-state index in [1.54, 1.807) is 4.90 Å². The molecule has 2 saturated heterocycles. The fourth-order valence-corrected chi connectivity index (χ4v) is 4.97. The number of rotatable bonds is 7. The monoisotopic (exact) mass is 466 g/mol. The number of likely N-dealkylation sites (tertiary alicyclic amines) is 1. The molecule has 1 atom stereocenters. The number of hydrogen-bond donors (Lipinski definition) is 1. The van der Waals surface area contributed by atoms with Crippen molar-refractivity contribution >= 4 is 11.8 Å². The van der Waals surface area contributed by atoms with Crippen molar-refractivity contribution in [2.75, 3.05) is 52.9 Å². The number of likely N-dealkylation sites (N-methyl/N-ethyl adjacent to an activating group) is 1. The minimum Gasteiger partial charge on any atom is -0.356 e. The van der Waals surface area contributed by atoms with Gasteiger partial charge >= 0.3 is 0 Å². The zero-order chi connectivity index (χ0) is 23.9. The second-order valence-electron chi connectivity index (χ2n) is 9.44. The summed E-state index contributed by atoms with van der Waals surface area (Å²) in [4.78, 5) is 31.9. The molecule has 1 N–H and O–H groups in total. The normalized spacial score (nSPS) is 20.3. The molecule has 34 heavy (non-hydrogen) atoms. The Morgan fingerprint density at radius 1 is 0.971 bits per heavy atom.